The van der Waals surface area contributed by atoms with Crippen molar-refractivity contribution >= 4 is 42.9 Å². The first-order chi connectivity index (χ1) is 13.6. The molecule has 0 radical (unpaired) electrons. The first-order valence-electron chi connectivity index (χ1n) is 10.1. The van der Waals surface area contributed by atoms with Crippen molar-refractivity contribution in [3.63, 3.8) is 0 Å². The maximum atomic E-state index is 2.73. The molecule has 3 rings (SSSR count). The summed E-state index contributed by atoms with van der Waals surface area (Å²) in [7, 11) is 0. The van der Waals surface area contributed by atoms with E-state index in [1.54, 1.807) is 0 Å². The zero-order valence-corrected chi connectivity index (χ0v) is 19.9. The summed E-state index contributed by atoms with van der Waals surface area (Å²) in [4.78, 5) is -1.63. The number of unbranched alkanes of at least 4 members (excludes halogenated alkanes) is 1. The van der Waals surface area contributed by atoms with Crippen LogP contribution in [-0.2, 0) is 6.42 Å². The smallest absolute Gasteiger partial charge is 0.0856 e. The van der Waals surface area contributed by atoms with E-state index in [2.05, 4.69) is 127 Å². The molecule has 0 bridgehead atoms. The lowest BCUT2D eigenvalue weighted by Gasteiger charge is -2.20. The quantitative estimate of drug-likeness (QED) is 0.135. The van der Waals surface area contributed by atoms with Crippen LogP contribution in [0.15, 0.2) is 96.6 Å². The highest BCUT2D eigenvalue weighted by atomic mass is 127. The fraction of sp³-hybridized carbons (Fsp3) is 0.231. The van der Waals surface area contributed by atoms with Gasteiger partial charge in [0, 0.05) is 0 Å². The van der Waals surface area contributed by atoms with E-state index in [4.69, 9.17) is 0 Å². The lowest BCUT2D eigenvalue weighted by Crippen LogP contribution is -2.26. The lowest BCUT2D eigenvalue weighted by atomic mass is 10.1. The average Bonchev–Trinajstić information content (AvgIpc) is 2.77. The molecule has 0 atom stereocenters. The normalized spacial score (nSPS) is 12.2. The Hall–Kier alpha value is -1.44. The van der Waals surface area contributed by atoms with Crippen LogP contribution in [0, 0.1) is 0 Å². The van der Waals surface area contributed by atoms with Crippen molar-refractivity contribution in [1.29, 1.82) is 0 Å². The average molecular weight is 499 g/mol. The zero-order chi connectivity index (χ0) is 19.8. The minimum atomic E-state index is -1.63. The summed E-state index contributed by atoms with van der Waals surface area (Å²) in [5, 5.41) is 4.29. The van der Waals surface area contributed by atoms with Gasteiger partial charge >= 0.3 is 0 Å². The molecule has 3 aromatic carbocycles. The third-order valence-electron chi connectivity index (χ3n) is 5.24. The predicted molar refractivity (Wildman–Crippen MR) is 136 cm³/mol. The van der Waals surface area contributed by atoms with Gasteiger partial charge in [-0.05, 0) is 74.6 Å². The van der Waals surface area contributed by atoms with Crippen molar-refractivity contribution in [2.45, 2.75) is 39.5 Å². The second-order valence-corrected chi connectivity index (χ2v) is 14.3. The summed E-state index contributed by atoms with van der Waals surface area (Å²) >= 11 is 2.73. The minimum absolute atomic E-state index is 1.15. The summed E-state index contributed by atoms with van der Waals surface area (Å²) in [5.41, 5.74) is 2.94. The Balaban J connectivity index is 1.84. The van der Waals surface area contributed by atoms with Gasteiger partial charge in [-0.25, -0.2) is 0 Å². The van der Waals surface area contributed by atoms with Crippen LogP contribution in [0.5, 0.6) is 0 Å². The topological polar surface area (TPSA) is 0 Å². The fourth-order valence-corrected chi connectivity index (χ4v) is 8.90. The van der Waals surface area contributed by atoms with Crippen LogP contribution >= 0.6 is 26.9 Å². The summed E-state index contributed by atoms with van der Waals surface area (Å²) in [5.74, 6) is 0. The van der Waals surface area contributed by atoms with Gasteiger partial charge in [-0.1, -0.05) is 67.1 Å². The molecule has 0 fully saturated rings. The lowest BCUT2D eigenvalue weighted by molar-refractivity contribution is 0.834. The van der Waals surface area contributed by atoms with E-state index in [-0.39, 0.29) is 0 Å². The van der Waals surface area contributed by atoms with Crippen molar-refractivity contribution in [2.24, 2.45) is 0 Å². The van der Waals surface area contributed by atoms with Crippen LogP contribution in [0.25, 0.3) is 0 Å². The summed E-state index contributed by atoms with van der Waals surface area (Å²) in [6.07, 6.45) is 7.10. The molecule has 0 aliphatic heterocycles. The first-order valence-corrected chi connectivity index (χ1v) is 14.7. The van der Waals surface area contributed by atoms with Crippen molar-refractivity contribution in [3.05, 3.63) is 102 Å². The SMILES string of the molecule is CC/C(C)=C\CCCc1ccc([P+](I)(c2ccccc2)c2ccccc2)cc1. The molecular formula is C26H29IP+. The molecule has 0 amide bonds. The highest BCUT2D eigenvalue weighted by Gasteiger charge is 2.43. The highest BCUT2D eigenvalue weighted by molar-refractivity contribution is 14.2. The molecule has 3 aromatic rings. The first kappa shape index (κ1) is 21.3. The number of halogens is 1. The van der Waals surface area contributed by atoms with Crippen molar-refractivity contribution in [1.82, 2.24) is 0 Å². The third kappa shape index (κ3) is 5.13. The second-order valence-electron chi connectivity index (χ2n) is 7.22. The number of allylic oxidation sites excluding steroid dienone is 2. The molecule has 0 nitrogen and oxygen atoms in total. The van der Waals surface area contributed by atoms with E-state index in [0.717, 1.165) is 12.8 Å². The number of aryl methyl sites for hydroxylation is 1. The van der Waals surface area contributed by atoms with Crippen LogP contribution in [0.2, 0.25) is 0 Å². The number of benzene rings is 3. The minimum Gasteiger partial charge on any atom is -0.0856 e. The van der Waals surface area contributed by atoms with Crippen molar-refractivity contribution in [2.75, 3.05) is 0 Å². The Kier molecular flexibility index (Phi) is 7.88. The van der Waals surface area contributed by atoms with Gasteiger partial charge in [0.05, 0.1) is 0 Å². The fourth-order valence-electron chi connectivity index (χ4n) is 3.38. The van der Waals surface area contributed by atoms with Gasteiger partial charge in [-0.3, -0.25) is 0 Å². The molecule has 0 aliphatic rings. The monoisotopic (exact) mass is 499 g/mol. The predicted octanol–water partition coefficient (Wildman–Crippen LogP) is 7.01. The van der Waals surface area contributed by atoms with Crippen molar-refractivity contribution in [3.8, 4) is 0 Å². The van der Waals surface area contributed by atoms with Crippen LogP contribution in [0.1, 0.15) is 38.7 Å². The number of hydrogen-bond donors (Lipinski definition) is 0. The highest BCUT2D eigenvalue weighted by Crippen LogP contribution is 2.63. The van der Waals surface area contributed by atoms with Crippen LogP contribution in [-0.4, -0.2) is 0 Å². The van der Waals surface area contributed by atoms with Gasteiger partial charge in [0.1, 0.15) is 15.9 Å². The van der Waals surface area contributed by atoms with Gasteiger partial charge in [0.2, 0.25) is 0 Å². The second kappa shape index (κ2) is 10.4. The Labute approximate surface area is 183 Å². The number of rotatable bonds is 8. The molecular weight excluding hydrogens is 470 g/mol. The standard InChI is InChI=1S/C26H29IP/c1-3-22(2)12-10-11-13-23-18-20-26(21-19-23)28(27,24-14-6-4-7-15-24)25-16-8-5-9-17-25/h4-9,12,14-21H,3,10-11,13H2,1-2H3/q+1/b22-12-. The zero-order valence-electron chi connectivity index (χ0n) is 16.8. The summed E-state index contributed by atoms with van der Waals surface area (Å²) in [6.45, 7) is 4.45. The van der Waals surface area contributed by atoms with Gasteiger partial charge < -0.3 is 0 Å². The molecule has 0 spiro atoms. The molecule has 0 heterocycles. The third-order valence-corrected chi connectivity index (χ3v) is 13.3. The molecule has 2 heteroatoms. The molecule has 144 valence electrons. The largest absolute Gasteiger partial charge is 0.173 e. The van der Waals surface area contributed by atoms with E-state index >= 15 is 0 Å². The van der Waals surface area contributed by atoms with E-state index in [9.17, 15) is 0 Å². The molecule has 0 N–H and O–H groups in total. The maximum absolute atomic E-state index is 2.73. The molecule has 0 aliphatic carbocycles. The Bertz CT molecular complexity index is 843. The van der Waals surface area contributed by atoms with E-state index in [0.29, 0.717) is 0 Å². The summed E-state index contributed by atoms with van der Waals surface area (Å²) in [6, 6.07) is 31.4. The van der Waals surface area contributed by atoms with Gasteiger partial charge in [0.25, 0.3) is 0 Å². The molecule has 0 saturated heterocycles. The van der Waals surface area contributed by atoms with Gasteiger partial charge in [-0.2, -0.15) is 0 Å². The maximum Gasteiger partial charge on any atom is 0.173 e. The molecule has 28 heavy (non-hydrogen) atoms. The van der Waals surface area contributed by atoms with Crippen LogP contribution in [0.3, 0.4) is 0 Å². The molecule has 0 saturated carbocycles. The summed E-state index contributed by atoms with van der Waals surface area (Å²) < 4.78 is 0. The Morgan fingerprint density at radius 1 is 0.786 bits per heavy atom. The Morgan fingerprint density at radius 3 is 1.79 bits per heavy atom. The van der Waals surface area contributed by atoms with Gasteiger partial charge in [0.15, 0.2) is 26.9 Å². The number of hydrogen-bond acceptors (Lipinski definition) is 0. The Morgan fingerprint density at radius 2 is 1.29 bits per heavy atom. The molecule has 0 unspecified atom stereocenters. The van der Waals surface area contributed by atoms with Crippen LogP contribution < -0.4 is 15.9 Å². The van der Waals surface area contributed by atoms with E-state index < -0.39 is 4.90 Å². The van der Waals surface area contributed by atoms with Crippen molar-refractivity contribution < 1.29 is 0 Å². The van der Waals surface area contributed by atoms with E-state index in [1.807, 2.05) is 0 Å². The van der Waals surface area contributed by atoms with Crippen LogP contribution in [0.4, 0.5) is 0 Å². The molecule has 0 aromatic heterocycles. The van der Waals surface area contributed by atoms with E-state index in [1.165, 1.54) is 39.9 Å². The van der Waals surface area contributed by atoms with Gasteiger partial charge in [-0.15, -0.1) is 0 Å².